The van der Waals surface area contributed by atoms with Gasteiger partial charge in [-0.15, -0.1) is 5.10 Å². The predicted molar refractivity (Wildman–Crippen MR) is 45.5 cm³/mol. The fourth-order valence-corrected chi connectivity index (χ4v) is 1.29. The number of fused-ring (bicyclic) bond motifs is 1. The molecule has 0 aromatic carbocycles. The van der Waals surface area contributed by atoms with Gasteiger partial charge in [0.2, 0.25) is 0 Å². The highest BCUT2D eigenvalue weighted by Gasteiger charge is 2.14. The van der Waals surface area contributed by atoms with Crippen molar-refractivity contribution >= 4 is 17.4 Å². The first-order valence-corrected chi connectivity index (χ1v) is 4.13. The van der Waals surface area contributed by atoms with Crippen molar-refractivity contribution in [3.63, 3.8) is 0 Å². The van der Waals surface area contributed by atoms with Gasteiger partial charge >= 0.3 is 0 Å². The topological polar surface area (TPSA) is 43.1 Å². The number of rotatable bonds is 1. The second-order valence-corrected chi connectivity index (χ2v) is 3.06. The van der Waals surface area contributed by atoms with Gasteiger partial charge in [-0.2, -0.15) is 9.50 Å². The molecule has 0 radical (unpaired) electrons. The highest BCUT2D eigenvalue weighted by molar-refractivity contribution is 6.29. The third kappa shape index (κ3) is 1.41. The van der Waals surface area contributed by atoms with Crippen molar-refractivity contribution in [2.75, 3.05) is 0 Å². The molecule has 4 nitrogen and oxygen atoms in total. The van der Waals surface area contributed by atoms with Gasteiger partial charge in [-0.25, -0.2) is 13.8 Å². The molecule has 0 atom stereocenters. The quantitative estimate of drug-likeness (QED) is 0.688. The molecule has 0 amide bonds. The molecule has 0 aliphatic heterocycles. The van der Waals surface area contributed by atoms with E-state index < -0.39 is 12.1 Å². The van der Waals surface area contributed by atoms with Gasteiger partial charge in [-0.3, -0.25) is 0 Å². The molecule has 14 heavy (non-hydrogen) atoms. The minimum Gasteiger partial charge on any atom is -0.210 e. The zero-order valence-corrected chi connectivity index (χ0v) is 7.83. The Hall–Kier alpha value is -1.30. The lowest BCUT2D eigenvalue weighted by Crippen LogP contribution is -1.98. The number of hydrogen-bond acceptors (Lipinski definition) is 3. The maximum atomic E-state index is 12.3. The van der Waals surface area contributed by atoms with Crippen LogP contribution >= 0.6 is 11.6 Å². The van der Waals surface area contributed by atoms with Crippen LogP contribution in [0.15, 0.2) is 6.07 Å². The largest absolute Gasteiger partial charge is 0.280 e. The lowest BCUT2D eigenvalue weighted by Gasteiger charge is -1.99. The lowest BCUT2D eigenvalue weighted by atomic mass is 10.4. The van der Waals surface area contributed by atoms with Crippen LogP contribution in [0.4, 0.5) is 8.78 Å². The summed E-state index contributed by atoms with van der Waals surface area (Å²) < 4.78 is 25.8. The molecule has 0 saturated heterocycles. The summed E-state index contributed by atoms with van der Waals surface area (Å²) in [7, 11) is 0. The molecule has 2 aromatic rings. The molecule has 7 heteroatoms. The molecule has 2 aromatic heterocycles. The van der Waals surface area contributed by atoms with Crippen molar-refractivity contribution in [2.45, 2.75) is 13.3 Å². The van der Waals surface area contributed by atoms with E-state index in [1.165, 1.54) is 4.52 Å². The molecule has 0 unspecified atom stereocenters. The summed E-state index contributed by atoms with van der Waals surface area (Å²) in [4.78, 5) is 7.45. The average molecular weight is 219 g/mol. The van der Waals surface area contributed by atoms with E-state index in [1.807, 2.05) is 0 Å². The minimum atomic E-state index is -2.66. The number of alkyl halides is 2. The van der Waals surface area contributed by atoms with Gasteiger partial charge in [0, 0.05) is 6.07 Å². The Labute approximate surface area is 82.5 Å². The summed E-state index contributed by atoms with van der Waals surface area (Å²) in [6, 6.07) is 1.08. The van der Waals surface area contributed by atoms with Crippen molar-refractivity contribution in [1.82, 2.24) is 19.6 Å². The number of nitrogens with zero attached hydrogens (tertiary/aromatic N) is 4. The monoisotopic (exact) mass is 218 g/mol. The lowest BCUT2D eigenvalue weighted by molar-refractivity contribution is 0.146. The predicted octanol–water partition coefficient (Wildman–Crippen LogP) is 2.02. The molecule has 2 rings (SSSR count). The Kier molecular flexibility index (Phi) is 2.07. The Morgan fingerprint density at radius 1 is 1.43 bits per heavy atom. The van der Waals surface area contributed by atoms with Crippen molar-refractivity contribution in [3.8, 4) is 0 Å². The number of halogens is 3. The highest BCUT2D eigenvalue weighted by atomic mass is 35.5. The molecule has 2 heterocycles. The van der Waals surface area contributed by atoms with E-state index >= 15 is 0 Å². The van der Waals surface area contributed by atoms with Gasteiger partial charge in [-0.05, 0) is 6.92 Å². The third-order valence-corrected chi connectivity index (χ3v) is 1.89. The van der Waals surface area contributed by atoms with Crippen LogP contribution in [0.5, 0.6) is 0 Å². The molecule has 0 aliphatic rings. The Bertz CT molecular complexity index is 482. The summed E-state index contributed by atoms with van der Waals surface area (Å²) in [6.45, 7) is 1.63. The SMILES string of the molecule is Cc1nc2nc(C(F)F)cc(Cl)n2n1. The molecule has 74 valence electrons. The van der Waals surface area contributed by atoms with E-state index in [0.29, 0.717) is 5.82 Å². The van der Waals surface area contributed by atoms with Crippen LogP contribution in [0.3, 0.4) is 0 Å². The van der Waals surface area contributed by atoms with Gasteiger partial charge in [0.05, 0.1) is 0 Å². The average Bonchev–Trinajstić information content (AvgIpc) is 2.45. The second-order valence-electron chi connectivity index (χ2n) is 2.68. The molecule has 0 spiro atoms. The molecule has 0 aliphatic carbocycles. The Morgan fingerprint density at radius 3 is 2.79 bits per heavy atom. The molecular formula is C7H5ClF2N4. The molecular weight excluding hydrogens is 214 g/mol. The van der Waals surface area contributed by atoms with E-state index in [4.69, 9.17) is 11.6 Å². The van der Waals surface area contributed by atoms with Gasteiger partial charge < -0.3 is 0 Å². The van der Waals surface area contributed by atoms with Crippen LogP contribution in [0.25, 0.3) is 5.78 Å². The number of aromatic nitrogens is 4. The van der Waals surface area contributed by atoms with Crippen molar-refractivity contribution in [1.29, 1.82) is 0 Å². The van der Waals surface area contributed by atoms with Gasteiger partial charge in [0.15, 0.2) is 0 Å². The zero-order valence-electron chi connectivity index (χ0n) is 7.08. The van der Waals surface area contributed by atoms with Crippen LogP contribution in [-0.4, -0.2) is 19.6 Å². The van der Waals surface area contributed by atoms with E-state index in [0.717, 1.165) is 6.07 Å². The maximum absolute atomic E-state index is 12.3. The number of aryl methyl sites for hydroxylation is 1. The van der Waals surface area contributed by atoms with Gasteiger partial charge in [0.1, 0.15) is 16.7 Å². The standard InChI is InChI=1S/C7H5ClF2N4/c1-3-11-7-12-4(6(9)10)2-5(8)14(7)13-3/h2,6H,1H3. The first-order valence-electron chi connectivity index (χ1n) is 3.76. The first kappa shape index (κ1) is 9.26. The van der Waals surface area contributed by atoms with Crippen LogP contribution in [0.1, 0.15) is 17.9 Å². The van der Waals surface area contributed by atoms with Crippen LogP contribution in [-0.2, 0) is 0 Å². The summed E-state index contributed by atoms with van der Waals surface area (Å²) in [5.74, 6) is 0.524. The molecule has 0 fully saturated rings. The third-order valence-electron chi connectivity index (χ3n) is 1.62. The summed E-state index contributed by atoms with van der Waals surface area (Å²) in [5, 5.41) is 3.95. The van der Waals surface area contributed by atoms with Crippen LogP contribution < -0.4 is 0 Å². The second kappa shape index (κ2) is 3.13. The summed E-state index contributed by atoms with van der Waals surface area (Å²) >= 11 is 5.71. The van der Waals surface area contributed by atoms with E-state index in [-0.39, 0.29) is 10.9 Å². The number of hydrogen-bond donors (Lipinski definition) is 0. The molecule has 0 saturated carbocycles. The maximum Gasteiger partial charge on any atom is 0.280 e. The van der Waals surface area contributed by atoms with E-state index in [2.05, 4.69) is 15.1 Å². The fourth-order valence-electron chi connectivity index (χ4n) is 1.06. The molecule has 0 bridgehead atoms. The zero-order chi connectivity index (χ0) is 10.3. The Balaban J connectivity index is 2.71. The smallest absolute Gasteiger partial charge is 0.210 e. The Morgan fingerprint density at radius 2 is 2.14 bits per heavy atom. The first-order chi connectivity index (χ1) is 6.58. The fraction of sp³-hybridized carbons (Fsp3) is 0.286. The normalized spacial score (nSPS) is 11.5. The van der Waals surface area contributed by atoms with Crippen LogP contribution in [0.2, 0.25) is 5.15 Å². The minimum absolute atomic E-state index is 0.0749. The van der Waals surface area contributed by atoms with Crippen molar-refractivity contribution in [3.05, 3.63) is 22.7 Å². The van der Waals surface area contributed by atoms with Gasteiger partial charge in [-0.1, -0.05) is 11.6 Å². The van der Waals surface area contributed by atoms with E-state index in [1.54, 1.807) is 6.92 Å². The van der Waals surface area contributed by atoms with E-state index in [9.17, 15) is 8.78 Å². The summed E-state index contributed by atoms with van der Waals surface area (Å²) in [6.07, 6.45) is -2.66. The summed E-state index contributed by atoms with van der Waals surface area (Å²) in [5.41, 5.74) is -0.394. The van der Waals surface area contributed by atoms with Gasteiger partial charge in [0.25, 0.3) is 12.2 Å². The molecule has 0 N–H and O–H groups in total. The highest BCUT2D eigenvalue weighted by Crippen LogP contribution is 2.20. The van der Waals surface area contributed by atoms with Crippen LogP contribution in [0, 0.1) is 6.92 Å². The van der Waals surface area contributed by atoms with Crippen molar-refractivity contribution in [2.24, 2.45) is 0 Å². The van der Waals surface area contributed by atoms with Crippen molar-refractivity contribution < 1.29 is 8.78 Å².